The number of nitrogens with zero attached hydrogens (tertiary/aromatic N) is 2. The number of rotatable bonds is 5. The van der Waals surface area contributed by atoms with Crippen LogP contribution < -0.4 is 5.32 Å². The van der Waals surface area contributed by atoms with Gasteiger partial charge in [-0.3, -0.25) is 4.68 Å². The van der Waals surface area contributed by atoms with Crippen LogP contribution in [-0.2, 0) is 16.5 Å². The van der Waals surface area contributed by atoms with E-state index < -0.39 is 0 Å². The molecule has 2 rings (SSSR count). The van der Waals surface area contributed by atoms with Gasteiger partial charge in [-0.15, -0.1) is 0 Å². The van der Waals surface area contributed by atoms with Gasteiger partial charge in [-0.25, -0.2) is 0 Å². The van der Waals surface area contributed by atoms with E-state index in [9.17, 15) is 0 Å². The summed E-state index contributed by atoms with van der Waals surface area (Å²) in [6.45, 7) is 4.54. The summed E-state index contributed by atoms with van der Waals surface area (Å²) in [6.07, 6.45) is 3.65. The highest BCUT2D eigenvalue weighted by atomic mass is 16.5. The number of aromatic nitrogens is 2. The second-order valence-corrected chi connectivity index (χ2v) is 4.75. The quantitative estimate of drug-likeness (QED) is 0.858. The summed E-state index contributed by atoms with van der Waals surface area (Å²) in [7, 11) is 3.77. The monoisotopic (exact) mass is 253 g/mol. The van der Waals surface area contributed by atoms with Crippen molar-refractivity contribution >= 4 is 0 Å². The lowest BCUT2D eigenvalue weighted by atomic mass is 9.84. The molecule has 1 aliphatic heterocycles. The molecule has 0 amide bonds. The molecule has 0 aromatic carbocycles. The standard InChI is InChI=1S/C13H23N3O2/c1-4-14-12(11-5-8-15-16(11)2)13(17-3)6-9-18-10-7-13/h5,8,12,14H,4,6-7,9-10H2,1-3H3. The van der Waals surface area contributed by atoms with Gasteiger partial charge in [0.1, 0.15) is 0 Å². The first kappa shape index (κ1) is 13.5. The second kappa shape index (κ2) is 5.82. The molecular weight excluding hydrogens is 230 g/mol. The number of hydrogen-bond donors (Lipinski definition) is 1. The lowest BCUT2D eigenvalue weighted by Gasteiger charge is -2.42. The highest BCUT2D eigenvalue weighted by Gasteiger charge is 2.42. The third-order valence-corrected chi connectivity index (χ3v) is 3.83. The Morgan fingerprint density at radius 3 is 2.78 bits per heavy atom. The first-order valence-corrected chi connectivity index (χ1v) is 6.57. The summed E-state index contributed by atoms with van der Waals surface area (Å²) in [5.41, 5.74) is 0.975. The maximum atomic E-state index is 5.89. The van der Waals surface area contributed by atoms with Crippen molar-refractivity contribution < 1.29 is 9.47 Å². The fourth-order valence-corrected chi connectivity index (χ4v) is 2.76. The van der Waals surface area contributed by atoms with Gasteiger partial charge in [0, 0.05) is 46.4 Å². The zero-order chi connectivity index (χ0) is 13.0. The van der Waals surface area contributed by atoms with Crippen LogP contribution in [0.3, 0.4) is 0 Å². The average molecular weight is 253 g/mol. The largest absolute Gasteiger partial charge is 0.381 e. The lowest BCUT2D eigenvalue weighted by molar-refractivity contribution is -0.112. The van der Waals surface area contributed by atoms with Crippen LogP contribution in [0.25, 0.3) is 0 Å². The van der Waals surface area contributed by atoms with E-state index in [-0.39, 0.29) is 11.6 Å². The Balaban J connectivity index is 2.30. The van der Waals surface area contributed by atoms with Crippen molar-refractivity contribution in [1.82, 2.24) is 15.1 Å². The molecule has 0 radical (unpaired) electrons. The Morgan fingerprint density at radius 2 is 2.28 bits per heavy atom. The summed E-state index contributed by atoms with van der Waals surface area (Å²) in [6, 6.07) is 2.22. The van der Waals surface area contributed by atoms with Crippen molar-refractivity contribution in [1.29, 1.82) is 0 Å². The molecule has 0 bridgehead atoms. The molecule has 5 heteroatoms. The molecule has 1 fully saturated rings. The first-order chi connectivity index (χ1) is 8.73. The Morgan fingerprint density at radius 1 is 1.56 bits per heavy atom. The molecule has 0 saturated carbocycles. The lowest BCUT2D eigenvalue weighted by Crippen LogP contribution is -2.49. The minimum Gasteiger partial charge on any atom is -0.381 e. The predicted octanol–water partition coefficient (Wildman–Crippen LogP) is 1.27. The maximum Gasteiger partial charge on any atom is 0.0931 e. The summed E-state index contributed by atoms with van der Waals surface area (Å²) >= 11 is 0. The Kier molecular flexibility index (Phi) is 4.37. The van der Waals surface area contributed by atoms with Crippen LogP contribution in [0.2, 0.25) is 0 Å². The smallest absolute Gasteiger partial charge is 0.0931 e. The molecular formula is C13H23N3O2. The van der Waals surface area contributed by atoms with Crippen LogP contribution in [0.15, 0.2) is 12.3 Å². The third kappa shape index (κ3) is 2.43. The van der Waals surface area contributed by atoms with Gasteiger partial charge in [0.25, 0.3) is 0 Å². The molecule has 2 heterocycles. The van der Waals surface area contributed by atoms with Gasteiger partial charge in [0.15, 0.2) is 0 Å². The highest BCUT2D eigenvalue weighted by molar-refractivity contribution is 5.14. The van der Waals surface area contributed by atoms with Gasteiger partial charge in [-0.05, 0) is 12.6 Å². The van der Waals surface area contributed by atoms with E-state index in [2.05, 4.69) is 23.4 Å². The molecule has 5 nitrogen and oxygen atoms in total. The molecule has 1 saturated heterocycles. The minimum atomic E-state index is -0.192. The van der Waals surface area contributed by atoms with E-state index in [1.807, 2.05) is 17.9 Å². The van der Waals surface area contributed by atoms with Gasteiger partial charge in [-0.1, -0.05) is 6.92 Å². The fraction of sp³-hybridized carbons (Fsp3) is 0.769. The molecule has 18 heavy (non-hydrogen) atoms. The summed E-state index contributed by atoms with van der Waals surface area (Å²) in [5, 5.41) is 7.82. The zero-order valence-electron chi connectivity index (χ0n) is 11.5. The molecule has 0 aliphatic carbocycles. The molecule has 1 unspecified atom stereocenters. The van der Waals surface area contributed by atoms with Crippen LogP contribution in [0.1, 0.15) is 31.5 Å². The van der Waals surface area contributed by atoms with Crippen molar-refractivity contribution in [3.63, 3.8) is 0 Å². The SMILES string of the molecule is CCNC(c1ccnn1C)C1(OC)CCOCC1. The van der Waals surface area contributed by atoms with Crippen LogP contribution in [0.4, 0.5) is 0 Å². The number of aryl methyl sites for hydroxylation is 1. The Bertz CT molecular complexity index is 372. The Hall–Kier alpha value is -0.910. The molecule has 1 aromatic rings. The number of methoxy groups -OCH3 is 1. The van der Waals surface area contributed by atoms with E-state index in [0.29, 0.717) is 0 Å². The summed E-state index contributed by atoms with van der Waals surface area (Å²) in [5.74, 6) is 0. The number of likely N-dealkylation sites (N-methyl/N-ethyl adjacent to an activating group) is 1. The average Bonchev–Trinajstić information content (AvgIpc) is 2.83. The third-order valence-electron chi connectivity index (χ3n) is 3.83. The van der Waals surface area contributed by atoms with E-state index in [1.54, 1.807) is 7.11 Å². The molecule has 0 spiro atoms. The highest BCUT2D eigenvalue weighted by Crippen LogP contribution is 2.37. The zero-order valence-corrected chi connectivity index (χ0v) is 11.5. The van der Waals surface area contributed by atoms with Crippen LogP contribution in [-0.4, -0.2) is 42.2 Å². The number of nitrogens with one attached hydrogen (secondary N) is 1. The topological polar surface area (TPSA) is 48.3 Å². The van der Waals surface area contributed by atoms with E-state index >= 15 is 0 Å². The van der Waals surface area contributed by atoms with Crippen molar-refractivity contribution in [2.24, 2.45) is 7.05 Å². The first-order valence-electron chi connectivity index (χ1n) is 6.57. The van der Waals surface area contributed by atoms with Crippen molar-refractivity contribution in [3.05, 3.63) is 18.0 Å². The fourth-order valence-electron chi connectivity index (χ4n) is 2.76. The number of hydrogen-bond acceptors (Lipinski definition) is 4. The maximum absolute atomic E-state index is 5.89. The molecule has 1 atom stereocenters. The summed E-state index contributed by atoms with van der Waals surface area (Å²) < 4.78 is 13.3. The van der Waals surface area contributed by atoms with Gasteiger partial charge < -0.3 is 14.8 Å². The van der Waals surface area contributed by atoms with Gasteiger partial charge in [0.05, 0.1) is 17.3 Å². The molecule has 1 aromatic heterocycles. The normalized spacial score (nSPS) is 20.8. The van der Waals surface area contributed by atoms with Crippen molar-refractivity contribution in [2.45, 2.75) is 31.4 Å². The van der Waals surface area contributed by atoms with Gasteiger partial charge in [-0.2, -0.15) is 5.10 Å². The summed E-state index contributed by atoms with van der Waals surface area (Å²) in [4.78, 5) is 0. The molecule has 1 N–H and O–H groups in total. The van der Waals surface area contributed by atoms with Gasteiger partial charge >= 0.3 is 0 Å². The number of ether oxygens (including phenoxy) is 2. The minimum absolute atomic E-state index is 0.156. The van der Waals surface area contributed by atoms with Crippen LogP contribution in [0, 0.1) is 0 Å². The van der Waals surface area contributed by atoms with Crippen molar-refractivity contribution in [3.8, 4) is 0 Å². The Labute approximate surface area is 108 Å². The van der Waals surface area contributed by atoms with Gasteiger partial charge in [0.2, 0.25) is 0 Å². The van der Waals surface area contributed by atoms with E-state index in [0.717, 1.165) is 32.6 Å². The second-order valence-electron chi connectivity index (χ2n) is 4.75. The van der Waals surface area contributed by atoms with E-state index in [1.165, 1.54) is 5.69 Å². The van der Waals surface area contributed by atoms with E-state index in [4.69, 9.17) is 9.47 Å². The van der Waals surface area contributed by atoms with Crippen LogP contribution in [0.5, 0.6) is 0 Å². The predicted molar refractivity (Wildman–Crippen MR) is 69.4 cm³/mol. The van der Waals surface area contributed by atoms with Crippen LogP contribution >= 0.6 is 0 Å². The van der Waals surface area contributed by atoms with Crippen molar-refractivity contribution in [2.75, 3.05) is 26.9 Å². The molecule has 102 valence electrons. The molecule has 1 aliphatic rings.